The van der Waals surface area contributed by atoms with E-state index in [9.17, 15) is 4.79 Å². The lowest BCUT2D eigenvalue weighted by Gasteiger charge is -2.37. The first-order valence-corrected chi connectivity index (χ1v) is 28.9. The number of pyridine rings is 3. The van der Waals surface area contributed by atoms with Crippen LogP contribution in [0.5, 0.6) is 0 Å². The highest BCUT2D eigenvalue weighted by Crippen LogP contribution is 2.45. The second kappa shape index (κ2) is 28.0. The lowest BCUT2D eigenvalue weighted by molar-refractivity contribution is -0.107. The van der Waals surface area contributed by atoms with Gasteiger partial charge >= 0.3 is 0 Å². The van der Waals surface area contributed by atoms with Crippen molar-refractivity contribution in [2.75, 3.05) is 93.2 Å². The number of hydrogen-bond donors (Lipinski definition) is 1. The summed E-state index contributed by atoms with van der Waals surface area (Å²) in [5.74, 6) is 0.737. The molecule has 4 aliphatic rings. The summed E-state index contributed by atoms with van der Waals surface area (Å²) in [6.45, 7) is 25.4. The number of aldehydes is 1. The Kier molecular flexibility index (Phi) is 20.2. The number of aryl methyl sites for hydroxylation is 6. The third-order valence-electron chi connectivity index (χ3n) is 15.9. The fourth-order valence-electron chi connectivity index (χ4n) is 11.6. The molecule has 1 N–H and O–H groups in total. The molecule has 0 amide bonds. The molecule has 0 radical (unpaired) electrons. The molecule has 1 saturated carbocycles. The van der Waals surface area contributed by atoms with E-state index < -0.39 is 0 Å². The molecular formula is C70H80IN9O. The Balaban J connectivity index is 0.000000137. The lowest BCUT2D eigenvalue weighted by atomic mass is 10.1. The van der Waals surface area contributed by atoms with Crippen molar-refractivity contribution < 1.29 is 4.79 Å². The Morgan fingerprint density at radius 1 is 0.481 bits per heavy atom. The maximum atomic E-state index is 10.1. The summed E-state index contributed by atoms with van der Waals surface area (Å²) in [5, 5.41) is 7.18. The zero-order valence-corrected chi connectivity index (χ0v) is 50.6. The summed E-state index contributed by atoms with van der Waals surface area (Å²) in [6, 6.07) is 58.7. The van der Waals surface area contributed by atoms with Gasteiger partial charge in [0.1, 0.15) is 6.29 Å². The van der Waals surface area contributed by atoms with Gasteiger partial charge in [0, 0.05) is 147 Å². The van der Waals surface area contributed by atoms with Crippen LogP contribution in [0.2, 0.25) is 0 Å². The van der Waals surface area contributed by atoms with Gasteiger partial charge in [0.05, 0.1) is 16.6 Å². The summed E-state index contributed by atoms with van der Waals surface area (Å²) in [4.78, 5) is 36.6. The highest BCUT2D eigenvalue weighted by atomic mass is 127. The van der Waals surface area contributed by atoms with Gasteiger partial charge in [-0.15, -0.1) is 24.0 Å². The van der Waals surface area contributed by atoms with Crippen LogP contribution in [0, 0.1) is 41.5 Å². The van der Waals surface area contributed by atoms with Gasteiger partial charge in [-0.3, -0.25) is 19.9 Å². The van der Waals surface area contributed by atoms with Gasteiger partial charge in [-0.1, -0.05) is 108 Å². The molecule has 6 aromatic carbocycles. The van der Waals surface area contributed by atoms with E-state index in [1.54, 1.807) is 0 Å². The number of benzene rings is 6. The van der Waals surface area contributed by atoms with Crippen LogP contribution in [0.15, 0.2) is 170 Å². The predicted octanol–water partition coefficient (Wildman–Crippen LogP) is 13.5. The molecule has 2 unspecified atom stereocenters. The summed E-state index contributed by atoms with van der Waals surface area (Å²) < 4.78 is 0. The molecule has 9 aromatic rings. The molecule has 11 heteroatoms. The first-order valence-electron chi connectivity index (χ1n) is 28.9. The van der Waals surface area contributed by atoms with Crippen molar-refractivity contribution in [3.63, 3.8) is 0 Å². The van der Waals surface area contributed by atoms with Crippen molar-refractivity contribution in [3.8, 4) is 0 Å². The van der Waals surface area contributed by atoms with E-state index in [-0.39, 0.29) is 24.0 Å². The van der Waals surface area contributed by atoms with Gasteiger partial charge in [0.2, 0.25) is 0 Å². The number of halogens is 1. The van der Waals surface area contributed by atoms with Crippen LogP contribution in [-0.2, 0) is 11.2 Å². The zero-order valence-electron chi connectivity index (χ0n) is 48.3. The average Bonchev–Trinajstić information content (AvgIpc) is 4.52. The first kappa shape index (κ1) is 58.5. The fourth-order valence-corrected chi connectivity index (χ4v) is 11.6. The van der Waals surface area contributed by atoms with Gasteiger partial charge in [0.15, 0.2) is 0 Å². The van der Waals surface area contributed by atoms with Crippen molar-refractivity contribution in [1.29, 1.82) is 0 Å². The molecule has 0 spiro atoms. The zero-order chi connectivity index (χ0) is 55.4. The number of nitrogens with zero attached hydrogens (tertiary/aromatic N) is 8. The van der Waals surface area contributed by atoms with E-state index in [0.29, 0.717) is 6.42 Å². The number of carbonyl (C=O) groups excluding carboxylic acids is 1. The number of hydrogen-bond acceptors (Lipinski definition) is 10. The van der Waals surface area contributed by atoms with E-state index in [0.717, 1.165) is 136 Å². The number of rotatable bonds is 9. The van der Waals surface area contributed by atoms with Crippen LogP contribution in [-0.4, -0.2) is 116 Å². The van der Waals surface area contributed by atoms with Crippen LogP contribution in [0.3, 0.4) is 0 Å². The average molecular weight is 1190 g/mol. The van der Waals surface area contributed by atoms with E-state index in [4.69, 9.17) is 4.98 Å². The molecule has 418 valence electrons. The van der Waals surface area contributed by atoms with Crippen molar-refractivity contribution in [3.05, 3.63) is 220 Å². The highest BCUT2D eigenvalue weighted by molar-refractivity contribution is 14.0. The number of nitrogens with one attached hydrogen (secondary N) is 1. The molecular weight excluding hydrogens is 1110 g/mol. The molecule has 0 bridgehead atoms. The number of aromatic nitrogens is 3. The number of carbonyl (C=O) groups is 1. The molecule has 1 aliphatic carbocycles. The van der Waals surface area contributed by atoms with Crippen molar-refractivity contribution >= 4 is 86.1 Å². The maximum absolute atomic E-state index is 10.1. The fraction of sp³-hybridized carbons (Fsp3) is 0.314. The van der Waals surface area contributed by atoms with Crippen molar-refractivity contribution in [2.24, 2.45) is 0 Å². The van der Waals surface area contributed by atoms with Gasteiger partial charge in [0.25, 0.3) is 0 Å². The Morgan fingerprint density at radius 3 is 1.43 bits per heavy atom. The molecule has 6 heterocycles. The van der Waals surface area contributed by atoms with Gasteiger partial charge in [-0.25, -0.2) is 0 Å². The Bertz CT molecular complexity index is 3560. The summed E-state index contributed by atoms with van der Waals surface area (Å²) >= 11 is 0. The van der Waals surface area contributed by atoms with Crippen LogP contribution < -0.4 is 20.0 Å². The minimum atomic E-state index is 0. The Morgan fingerprint density at radius 2 is 0.938 bits per heavy atom. The molecule has 81 heavy (non-hydrogen) atoms. The molecule has 3 aromatic heterocycles. The molecule has 4 fully saturated rings. The SMILES string of the molecule is Cc1ccc2c(N3CCNCC3)cccc2n1.Cc1cccc(/C=C/N2CCN(c3cccc4nc(C)ccc34)CC2)c1.Cc1cccc(C2CC2N2CCN(c3cccc4nc(C)ccc34)CC2)c1.Cc1cccc(CC=O)c1.I. The van der Waals surface area contributed by atoms with Gasteiger partial charge in [-0.05, 0) is 150 Å². The van der Waals surface area contributed by atoms with Crippen molar-refractivity contribution in [1.82, 2.24) is 30.1 Å². The number of anilines is 3. The van der Waals surface area contributed by atoms with E-state index in [1.165, 1.54) is 67.5 Å². The van der Waals surface area contributed by atoms with Crippen LogP contribution >= 0.6 is 24.0 Å². The smallest absolute Gasteiger partial charge is 0.124 e. The van der Waals surface area contributed by atoms with Crippen LogP contribution in [0.4, 0.5) is 17.1 Å². The van der Waals surface area contributed by atoms with E-state index in [2.05, 4.69) is 212 Å². The summed E-state index contributed by atoms with van der Waals surface area (Å²) in [6.07, 6.45) is 7.23. The monoisotopic (exact) mass is 1190 g/mol. The van der Waals surface area contributed by atoms with Gasteiger partial charge in [-0.2, -0.15) is 0 Å². The first-order chi connectivity index (χ1) is 39.0. The molecule has 3 aliphatic heterocycles. The third kappa shape index (κ3) is 15.4. The number of piperazine rings is 3. The maximum Gasteiger partial charge on any atom is 0.124 e. The minimum Gasteiger partial charge on any atom is -0.374 e. The topological polar surface area (TPSA) is 84.0 Å². The van der Waals surface area contributed by atoms with Crippen molar-refractivity contribution in [2.45, 2.75) is 66.3 Å². The molecule has 10 nitrogen and oxygen atoms in total. The molecule has 3 saturated heterocycles. The Hall–Kier alpha value is -7.19. The number of fused-ring (bicyclic) bond motifs is 3. The predicted molar refractivity (Wildman–Crippen MR) is 351 cm³/mol. The largest absolute Gasteiger partial charge is 0.374 e. The van der Waals surface area contributed by atoms with Crippen LogP contribution in [0.1, 0.15) is 62.8 Å². The lowest BCUT2D eigenvalue weighted by Crippen LogP contribution is -2.47. The van der Waals surface area contributed by atoms with Crippen LogP contribution in [0.25, 0.3) is 38.8 Å². The standard InChI is InChI=1S/C24H27N3.C23H25N3.C14H17N3.C9H10O.HI/c1-17-5-3-6-19(15-17)21-16-24(21)27-13-11-26(12-14-27)23-8-4-7-22-20(23)10-9-18(2)25-22;1-18-5-3-6-20(17-18)11-12-25-13-15-26(16-14-25)23-8-4-7-22-21(23)10-9-19(2)24-22;1-11-5-6-12-13(16-11)3-2-4-14(12)17-9-7-15-8-10-17;1-8-3-2-4-9(7-8)5-6-10;/h3-10,15,21,24H,11-14,16H2,1-2H3;3-12,17H,13-16H2,1-2H3;2-6,15H,7-10H2,1H3;2-4,6-7H,5H2,1H3;1H/b;12-11+;;;. The summed E-state index contributed by atoms with van der Waals surface area (Å²) in [7, 11) is 0. The summed E-state index contributed by atoms with van der Waals surface area (Å²) in [5.41, 5.74) is 18.3. The third-order valence-corrected chi connectivity index (χ3v) is 15.9. The normalized spacial score (nSPS) is 17.1. The minimum absolute atomic E-state index is 0. The van der Waals surface area contributed by atoms with Gasteiger partial charge < -0.3 is 29.7 Å². The second-order valence-corrected chi connectivity index (χ2v) is 22.1. The highest BCUT2D eigenvalue weighted by Gasteiger charge is 2.43. The second-order valence-electron chi connectivity index (χ2n) is 22.1. The van der Waals surface area contributed by atoms with E-state index >= 15 is 0 Å². The van der Waals surface area contributed by atoms with E-state index in [1.807, 2.05) is 45.0 Å². The Labute approximate surface area is 498 Å². The molecule has 2 atom stereocenters. The molecule has 13 rings (SSSR count). The quantitative estimate of drug-likeness (QED) is 0.111.